The Hall–Kier alpha value is -2.36. The van der Waals surface area contributed by atoms with Crippen LogP contribution in [0.4, 0.5) is 0 Å². The number of halogens is 1. The molecule has 0 spiro atoms. The zero-order valence-corrected chi connectivity index (χ0v) is 21.1. The summed E-state index contributed by atoms with van der Waals surface area (Å²) in [5.74, 6) is -0.515. The number of hydrogen-bond acceptors (Lipinski definition) is 6. The second-order valence-corrected chi connectivity index (χ2v) is 9.56. The summed E-state index contributed by atoms with van der Waals surface area (Å²) >= 11 is 2.10. The van der Waals surface area contributed by atoms with E-state index in [0.29, 0.717) is 34.5 Å². The topological polar surface area (TPSA) is 93.1 Å². The molecule has 0 fully saturated rings. The van der Waals surface area contributed by atoms with E-state index in [1.54, 1.807) is 0 Å². The Morgan fingerprint density at radius 2 is 1.64 bits per heavy atom. The molecular formula is C25H28INO6. The van der Waals surface area contributed by atoms with E-state index in [0.717, 1.165) is 60.3 Å². The molecule has 0 aromatic heterocycles. The third-order valence-electron chi connectivity index (χ3n) is 6.41. The minimum Gasteiger partial charge on any atom is -0.490 e. The Morgan fingerprint density at radius 3 is 2.15 bits per heavy atom. The highest BCUT2D eigenvalue weighted by Crippen LogP contribution is 2.50. The highest BCUT2D eigenvalue weighted by Gasteiger charge is 2.43. The summed E-state index contributed by atoms with van der Waals surface area (Å²) in [6.45, 7) is 4.53. The van der Waals surface area contributed by atoms with E-state index in [1.807, 2.05) is 19.1 Å². The Kier molecular flexibility index (Phi) is 7.11. The second-order valence-electron chi connectivity index (χ2n) is 8.40. The van der Waals surface area contributed by atoms with Crippen molar-refractivity contribution in [1.29, 1.82) is 0 Å². The van der Waals surface area contributed by atoms with Crippen LogP contribution in [-0.4, -0.2) is 47.3 Å². The van der Waals surface area contributed by atoms with Crippen molar-refractivity contribution in [2.24, 2.45) is 0 Å². The molecule has 2 aliphatic carbocycles. The van der Waals surface area contributed by atoms with Crippen molar-refractivity contribution in [1.82, 2.24) is 4.90 Å². The predicted octanol–water partition coefficient (Wildman–Crippen LogP) is 4.59. The van der Waals surface area contributed by atoms with Crippen molar-refractivity contribution in [3.05, 3.63) is 43.8 Å². The summed E-state index contributed by atoms with van der Waals surface area (Å²) in [5, 5.41) is 9.05. The lowest BCUT2D eigenvalue weighted by Crippen LogP contribution is -2.39. The van der Waals surface area contributed by atoms with Crippen LogP contribution in [0, 0.1) is 3.57 Å². The van der Waals surface area contributed by atoms with Crippen LogP contribution in [0.3, 0.4) is 0 Å². The van der Waals surface area contributed by atoms with Gasteiger partial charge in [-0.25, -0.2) is 4.79 Å². The average Bonchev–Trinajstić information content (AvgIpc) is 2.77. The zero-order valence-electron chi connectivity index (χ0n) is 18.9. The molecule has 3 aliphatic rings. The summed E-state index contributed by atoms with van der Waals surface area (Å²) in [4.78, 5) is 39.8. The third kappa shape index (κ3) is 4.41. The lowest BCUT2D eigenvalue weighted by atomic mass is 9.71. The summed E-state index contributed by atoms with van der Waals surface area (Å²) in [6.07, 6.45) is 4.26. The van der Waals surface area contributed by atoms with Gasteiger partial charge < -0.3 is 19.5 Å². The van der Waals surface area contributed by atoms with Crippen molar-refractivity contribution in [2.75, 3.05) is 19.8 Å². The van der Waals surface area contributed by atoms with E-state index in [9.17, 15) is 14.4 Å². The fourth-order valence-corrected chi connectivity index (χ4v) is 6.00. The smallest absolute Gasteiger partial charge is 0.341 e. The first kappa shape index (κ1) is 23.8. The van der Waals surface area contributed by atoms with Gasteiger partial charge in [-0.1, -0.05) is 0 Å². The summed E-state index contributed by atoms with van der Waals surface area (Å²) in [5.41, 5.74) is 4.37. The molecule has 0 unspecified atom stereocenters. The van der Waals surface area contributed by atoms with E-state index < -0.39 is 18.5 Å². The number of ketones is 2. The number of carboxylic acid groups (broad SMARTS) is 1. The van der Waals surface area contributed by atoms with Gasteiger partial charge in [-0.15, -0.1) is 0 Å². The Bertz CT molecular complexity index is 1030. The molecular weight excluding hydrogens is 537 g/mol. The molecule has 0 saturated carbocycles. The SMILES string of the molecule is CCOc1cc(C2C3=C(CCCC3=O)N(CC)C3=C2C(=O)CCC3)cc(I)c1OCC(=O)O. The molecule has 33 heavy (non-hydrogen) atoms. The van der Waals surface area contributed by atoms with Gasteiger partial charge in [0.2, 0.25) is 0 Å². The Morgan fingerprint density at radius 1 is 1.03 bits per heavy atom. The van der Waals surface area contributed by atoms with Gasteiger partial charge in [-0.3, -0.25) is 9.59 Å². The second kappa shape index (κ2) is 9.87. The van der Waals surface area contributed by atoms with Crippen LogP contribution < -0.4 is 9.47 Å². The number of aliphatic carboxylic acids is 1. The van der Waals surface area contributed by atoms with E-state index >= 15 is 0 Å². The van der Waals surface area contributed by atoms with Crippen LogP contribution in [0.15, 0.2) is 34.7 Å². The first-order chi connectivity index (χ1) is 15.9. The number of carboxylic acids is 1. The highest BCUT2D eigenvalue weighted by atomic mass is 127. The van der Waals surface area contributed by atoms with Gasteiger partial charge in [0.15, 0.2) is 29.7 Å². The standard InChI is InChI=1S/C25H28INO6/c1-3-27-16-7-5-9-18(28)23(16)22(24-17(27)8-6-10-19(24)29)14-11-15(26)25(33-13-21(30)31)20(12-14)32-4-2/h11-12,22H,3-10,13H2,1-2H3,(H,30,31). The zero-order chi connectivity index (χ0) is 23.7. The van der Waals surface area contributed by atoms with Crippen molar-refractivity contribution >= 4 is 40.1 Å². The van der Waals surface area contributed by atoms with Gasteiger partial charge in [0.25, 0.3) is 0 Å². The third-order valence-corrected chi connectivity index (χ3v) is 7.21. The van der Waals surface area contributed by atoms with E-state index in [1.165, 1.54) is 0 Å². The first-order valence-corrected chi connectivity index (χ1v) is 12.6. The average molecular weight is 565 g/mol. The van der Waals surface area contributed by atoms with E-state index in [-0.39, 0.29) is 11.6 Å². The van der Waals surface area contributed by atoms with Crippen LogP contribution >= 0.6 is 22.6 Å². The minimum absolute atomic E-state index is 0.101. The van der Waals surface area contributed by atoms with Gasteiger partial charge in [-0.2, -0.15) is 0 Å². The van der Waals surface area contributed by atoms with Crippen LogP contribution in [0.2, 0.25) is 0 Å². The first-order valence-electron chi connectivity index (χ1n) is 11.5. The molecule has 1 aromatic rings. The van der Waals surface area contributed by atoms with Crippen LogP contribution in [0.25, 0.3) is 0 Å². The number of rotatable bonds is 7. The van der Waals surface area contributed by atoms with Crippen molar-refractivity contribution in [2.45, 2.75) is 58.3 Å². The number of benzene rings is 1. The minimum atomic E-state index is -1.07. The number of carbonyl (C=O) groups is 3. The molecule has 0 saturated heterocycles. The maximum absolute atomic E-state index is 13.3. The molecule has 7 nitrogen and oxygen atoms in total. The summed E-state index contributed by atoms with van der Waals surface area (Å²) < 4.78 is 12.0. The van der Waals surface area contributed by atoms with Crippen LogP contribution in [-0.2, 0) is 14.4 Å². The Labute approximate surface area is 206 Å². The number of hydrogen-bond donors (Lipinski definition) is 1. The normalized spacial score (nSPS) is 18.9. The number of carbonyl (C=O) groups excluding carboxylic acids is 2. The summed E-state index contributed by atoms with van der Waals surface area (Å²) in [7, 11) is 0. The number of ether oxygens (including phenoxy) is 2. The fourth-order valence-electron chi connectivity index (χ4n) is 5.22. The fraction of sp³-hybridized carbons (Fsp3) is 0.480. The lowest BCUT2D eigenvalue weighted by Gasteiger charge is -2.43. The molecule has 1 aliphatic heterocycles. The van der Waals surface area contributed by atoms with Crippen LogP contribution in [0.5, 0.6) is 11.5 Å². The van der Waals surface area contributed by atoms with Crippen molar-refractivity contribution < 1.29 is 29.0 Å². The molecule has 0 atom stereocenters. The maximum atomic E-state index is 13.3. The van der Waals surface area contributed by atoms with Crippen molar-refractivity contribution in [3.63, 3.8) is 0 Å². The van der Waals surface area contributed by atoms with Gasteiger partial charge >= 0.3 is 5.97 Å². The molecule has 1 aromatic carbocycles. The molecule has 176 valence electrons. The molecule has 0 amide bonds. The maximum Gasteiger partial charge on any atom is 0.341 e. The molecule has 0 bridgehead atoms. The molecule has 0 radical (unpaired) electrons. The lowest BCUT2D eigenvalue weighted by molar-refractivity contribution is -0.139. The van der Waals surface area contributed by atoms with E-state index in [2.05, 4.69) is 34.4 Å². The number of allylic oxidation sites excluding steroid dienone is 4. The quantitative estimate of drug-likeness (QED) is 0.484. The molecule has 1 heterocycles. The summed E-state index contributed by atoms with van der Waals surface area (Å²) in [6, 6.07) is 3.71. The van der Waals surface area contributed by atoms with Gasteiger partial charge in [0.05, 0.1) is 10.2 Å². The van der Waals surface area contributed by atoms with Gasteiger partial charge in [-0.05, 0) is 79.8 Å². The number of nitrogens with zero attached hydrogens (tertiary/aromatic N) is 1. The van der Waals surface area contributed by atoms with Gasteiger partial charge in [0.1, 0.15) is 0 Å². The Balaban J connectivity index is 1.91. The molecule has 4 rings (SSSR count). The predicted molar refractivity (Wildman–Crippen MR) is 130 cm³/mol. The largest absolute Gasteiger partial charge is 0.490 e. The van der Waals surface area contributed by atoms with Crippen molar-refractivity contribution in [3.8, 4) is 11.5 Å². The number of Topliss-reactive ketones (excluding diaryl/α,β-unsaturated/α-hetero) is 2. The van der Waals surface area contributed by atoms with Crippen LogP contribution in [0.1, 0.15) is 63.9 Å². The molecule has 1 N–H and O–H groups in total. The monoisotopic (exact) mass is 565 g/mol. The van der Waals surface area contributed by atoms with E-state index in [4.69, 9.17) is 14.6 Å². The highest BCUT2D eigenvalue weighted by molar-refractivity contribution is 14.1. The van der Waals surface area contributed by atoms with Gasteiger partial charge in [0, 0.05) is 47.8 Å². The molecule has 8 heteroatoms.